The lowest BCUT2D eigenvalue weighted by Crippen LogP contribution is -2.22. The summed E-state index contributed by atoms with van der Waals surface area (Å²) in [5.74, 6) is -1.21. The second-order valence-electron chi connectivity index (χ2n) is 12.3. The predicted octanol–water partition coefficient (Wildman–Crippen LogP) is 5.41. The summed E-state index contributed by atoms with van der Waals surface area (Å²) < 4.78 is 59.1. The molecule has 0 aliphatic rings. The molecule has 0 saturated carbocycles. The minimum atomic E-state index is -3.67. The molecule has 16 heteroatoms. The largest absolute Gasteiger partial charge is 0.491 e. The maximum Gasteiger partial charge on any atom is 0.339 e. The molecule has 4 aromatic rings. The van der Waals surface area contributed by atoms with Gasteiger partial charge in [-0.2, -0.15) is 5.10 Å². The van der Waals surface area contributed by atoms with Gasteiger partial charge in [0.2, 0.25) is 10.0 Å². The summed E-state index contributed by atoms with van der Waals surface area (Å²) in [6.07, 6.45) is 1.74. The number of pyridine rings is 1. The van der Waals surface area contributed by atoms with E-state index in [2.05, 4.69) is 34.7 Å². The standard InChI is InChI=1S/C33H41FN6O7SSi/c1-6-48(43,44)39-26-13-9-23(19-27(26)47-16-15-22-7-11-25(34)12-8-22)30-29(31(35)41)32(40(38-30)21-46-17-18-49(3,4)5)37-28-14-10-24(20-36-28)33(42)45-2/h7-14,19-20,39H,6,15-18,21H2,1-5H3,(H2,35,41)(H,36,37). The van der Waals surface area contributed by atoms with Crippen LogP contribution in [0.5, 0.6) is 5.75 Å². The molecule has 0 aliphatic carbocycles. The van der Waals surface area contributed by atoms with Crippen LogP contribution in [-0.2, 0) is 32.6 Å². The highest BCUT2D eigenvalue weighted by Crippen LogP contribution is 2.36. The van der Waals surface area contributed by atoms with E-state index in [1.54, 1.807) is 30.3 Å². The predicted molar refractivity (Wildman–Crippen MR) is 188 cm³/mol. The number of halogens is 1. The Kier molecular flexibility index (Phi) is 12.1. The third-order valence-electron chi connectivity index (χ3n) is 7.30. The summed E-state index contributed by atoms with van der Waals surface area (Å²) >= 11 is 0. The van der Waals surface area contributed by atoms with Gasteiger partial charge in [0.05, 0.1) is 30.7 Å². The smallest absolute Gasteiger partial charge is 0.339 e. The first kappa shape index (κ1) is 37.0. The van der Waals surface area contributed by atoms with Crippen LogP contribution in [-0.4, -0.2) is 69.2 Å². The topological polar surface area (TPSA) is 177 Å². The molecular weight excluding hydrogens is 672 g/mol. The molecule has 0 bridgehead atoms. The summed E-state index contributed by atoms with van der Waals surface area (Å²) in [7, 11) is -3.81. The quantitative estimate of drug-likeness (QED) is 0.0729. The van der Waals surface area contributed by atoms with Crippen LogP contribution in [0.4, 0.5) is 21.7 Å². The molecule has 2 aromatic carbocycles. The number of hydrogen-bond donors (Lipinski definition) is 3. The first-order valence-electron chi connectivity index (χ1n) is 15.5. The van der Waals surface area contributed by atoms with Crippen LogP contribution in [0.25, 0.3) is 11.3 Å². The molecule has 0 fully saturated rings. The Balaban J connectivity index is 1.75. The van der Waals surface area contributed by atoms with Crippen molar-refractivity contribution in [1.82, 2.24) is 14.8 Å². The van der Waals surface area contributed by atoms with E-state index in [0.29, 0.717) is 24.4 Å². The summed E-state index contributed by atoms with van der Waals surface area (Å²) in [5, 5.41) is 7.79. The van der Waals surface area contributed by atoms with Gasteiger partial charge in [-0.3, -0.25) is 9.52 Å². The lowest BCUT2D eigenvalue weighted by molar-refractivity contribution is 0.0600. The number of amides is 1. The lowest BCUT2D eigenvalue weighted by Gasteiger charge is -2.16. The van der Waals surface area contributed by atoms with Crippen LogP contribution in [0.1, 0.15) is 33.2 Å². The molecule has 0 saturated heterocycles. The average molecular weight is 713 g/mol. The Bertz CT molecular complexity index is 1880. The highest BCUT2D eigenvalue weighted by molar-refractivity contribution is 7.92. The number of esters is 1. The first-order valence-corrected chi connectivity index (χ1v) is 20.9. The van der Waals surface area contributed by atoms with Crippen LogP contribution in [0.2, 0.25) is 25.7 Å². The third-order valence-corrected chi connectivity index (χ3v) is 10.3. The summed E-state index contributed by atoms with van der Waals surface area (Å²) in [6, 6.07) is 14.6. The Morgan fingerprint density at radius 1 is 1.04 bits per heavy atom. The fourth-order valence-corrected chi connectivity index (χ4v) is 5.92. The maximum absolute atomic E-state index is 13.4. The second kappa shape index (κ2) is 16.1. The fourth-order valence-electron chi connectivity index (χ4n) is 4.52. The van der Waals surface area contributed by atoms with Crippen molar-refractivity contribution >= 4 is 47.3 Å². The molecule has 4 N–H and O–H groups in total. The zero-order chi connectivity index (χ0) is 35.8. The van der Waals surface area contributed by atoms with Gasteiger partial charge in [-0.15, -0.1) is 0 Å². The van der Waals surface area contributed by atoms with E-state index in [4.69, 9.17) is 25.0 Å². The SMILES string of the molecule is CCS(=O)(=O)Nc1ccc(-c2nn(COCC[Si](C)(C)C)c(Nc3ccc(C(=O)OC)cn3)c2C(N)=O)cc1OCCc1ccc(F)cc1. The van der Waals surface area contributed by atoms with E-state index < -0.39 is 30.0 Å². The normalized spacial score (nSPS) is 11.6. The molecular formula is C33H41FN6O7SSi. The lowest BCUT2D eigenvalue weighted by atomic mass is 10.1. The third kappa shape index (κ3) is 10.3. The number of anilines is 3. The van der Waals surface area contributed by atoms with E-state index in [-0.39, 0.29) is 59.0 Å². The molecule has 2 heterocycles. The van der Waals surface area contributed by atoms with Gasteiger partial charge in [0.1, 0.15) is 41.2 Å². The highest BCUT2D eigenvalue weighted by Gasteiger charge is 2.26. The molecule has 0 radical (unpaired) electrons. The number of nitrogens with two attached hydrogens (primary N) is 1. The van der Waals surface area contributed by atoms with Gasteiger partial charge in [-0.05, 0) is 54.9 Å². The van der Waals surface area contributed by atoms with E-state index in [9.17, 15) is 22.4 Å². The first-order chi connectivity index (χ1) is 23.2. The number of aromatic nitrogens is 3. The van der Waals surface area contributed by atoms with Gasteiger partial charge in [0.25, 0.3) is 5.91 Å². The minimum absolute atomic E-state index is 0.0202. The Morgan fingerprint density at radius 3 is 2.39 bits per heavy atom. The van der Waals surface area contributed by atoms with E-state index in [1.807, 2.05) is 0 Å². The highest BCUT2D eigenvalue weighted by atomic mass is 32.2. The van der Waals surface area contributed by atoms with Crippen molar-refractivity contribution in [3.63, 3.8) is 0 Å². The molecule has 4 rings (SSSR count). The van der Waals surface area contributed by atoms with Crippen molar-refractivity contribution < 1.29 is 36.6 Å². The number of rotatable bonds is 17. The molecule has 49 heavy (non-hydrogen) atoms. The van der Waals surface area contributed by atoms with Gasteiger partial charge in [0.15, 0.2) is 0 Å². The zero-order valence-corrected chi connectivity index (χ0v) is 29.9. The van der Waals surface area contributed by atoms with Crippen LogP contribution < -0.4 is 20.5 Å². The zero-order valence-electron chi connectivity index (χ0n) is 28.1. The van der Waals surface area contributed by atoms with Gasteiger partial charge in [-0.1, -0.05) is 37.8 Å². The molecule has 1 amide bonds. The van der Waals surface area contributed by atoms with Gasteiger partial charge in [-0.25, -0.2) is 27.3 Å². The fraction of sp³-hybridized carbons (Fsp3) is 0.333. The van der Waals surface area contributed by atoms with E-state index in [0.717, 1.165) is 11.6 Å². The molecule has 262 valence electrons. The number of hydrogen-bond acceptors (Lipinski definition) is 10. The molecule has 0 aliphatic heterocycles. The molecule has 13 nitrogen and oxygen atoms in total. The van der Waals surface area contributed by atoms with Crippen molar-refractivity contribution in [2.24, 2.45) is 5.73 Å². The number of carbonyl (C=O) groups is 2. The van der Waals surface area contributed by atoms with Crippen molar-refractivity contribution in [2.75, 3.05) is 36.1 Å². The van der Waals surface area contributed by atoms with Gasteiger partial charge in [0, 0.05) is 32.9 Å². The van der Waals surface area contributed by atoms with Gasteiger partial charge < -0.3 is 25.3 Å². The second-order valence-corrected chi connectivity index (χ2v) is 19.9. The summed E-state index contributed by atoms with van der Waals surface area (Å²) in [6.45, 7) is 8.78. The molecule has 0 unspecified atom stereocenters. The number of sulfonamides is 1. The summed E-state index contributed by atoms with van der Waals surface area (Å²) in [5.41, 5.74) is 7.79. The number of primary amides is 1. The average Bonchev–Trinajstić information content (AvgIpc) is 3.42. The van der Waals surface area contributed by atoms with E-state index >= 15 is 0 Å². The van der Waals surface area contributed by atoms with Crippen molar-refractivity contribution in [1.29, 1.82) is 0 Å². The number of methoxy groups -OCH3 is 1. The van der Waals surface area contributed by atoms with Crippen LogP contribution >= 0.6 is 0 Å². The van der Waals surface area contributed by atoms with Crippen molar-refractivity contribution in [3.05, 3.63) is 83.3 Å². The maximum atomic E-state index is 13.4. The van der Waals surface area contributed by atoms with Crippen molar-refractivity contribution in [3.8, 4) is 17.0 Å². The minimum Gasteiger partial charge on any atom is -0.491 e. The Morgan fingerprint density at radius 2 is 1.78 bits per heavy atom. The molecule has 0 atom stereocenters. The Hall–Kier alpha value is -4.80. The van der Waals surface area contributed by atoms with E-state index in [1.165, 1.54) is 49.2 Å². The van der Waals surface area contributed by atoms with Crippen LogP contribution in [0, 0.1) is 5.82 Å². The van der Waals surface area contributed by atoms with Gasteiger partial charge >= 0.3 is 5.97 Å². The van der Waals surface area contributed by atoms with Crippen LogP contribution in [0.15, 0.2) is 60.8 Å². The monoisotopic (exact) mass is 712 g/mol. The number of benzene rings is 2. The van der Waals surface area contributed by atoms with Crippen molar-refractivity contribution in [2.45, 2.75) is 45.8 Å². The Labute approximate surface area is 286 Å². The van der Waals surface area contributed by atoms with Crippen LogP contribution in [0.3, 0.4) is 0 Å². The molecule has 2 aromatic heterocycles. The number of ether oxygens (including phenoxy) is 3. The molecule has 0 spiro atoms. The summed E-state index contributed by atoms with van der Waals surface area (Å²) in [4.78, 5) is 29.3. The number of carbonyl (C=O) groups excluding carboxylic acids is 2. The number of nitrogens with zero attached hydrogens (tertiary/aromatic N) is 3. The number of nitrogens with one attached hydrogen (secondary N) is 2.